The first-order valence-corrected chi connectivity index (χ1v) is 16.8. The van der Waals surface area contributed by atoms with Gasteiger partial charge in [-0.05, 0) is 62.1 Å². The smallest absolute Gasteiger partial charge is 0.297 e. The maximum atomic E-state index is 13.1. The molecule has 4 rings (SSSR count). The van der Waals surface area contributed by atoms with Gasteiger partial charge in [-0.15, -0.1) is 0 Å². The number of carbonyl (C=O) groups excluding carboxylic acids is 3. The number of methoxy groups -OCH3 is 2. The van der Waals surface area contributed by atoms with Crippen LogP contribution in [0, 0.1) is 5.92 Å². The number of halogens is 1. The Bertz CT molecular complexity index is 1730. The highest BCUT2D eigenvalue weighted by Gasteiger charge is 2.33. The summed E-state index contributed by atoms with van der Waals surface area (Å²) < 4.78 is 44.8. The maximum absolute atomic E-state index is 13.1. The summed E-state index contributed by atoms with van der Waals surface area (Å²) in [6, 6.07) is 29.5. The van der Waals surface area contributed by atoms with Crippen molar-refractivity contribution >= 4 is 44.1 Å². The fourth-order valence-corrected chi connectivity index (χ4v) is 6.28. The Hall–Kier alpha value is -4.29. The molecule has 0 bridgehead atoms. The van der Waals surface area contributed by atoms with E-state index in [0.29, 0.717) is 24.6 Å². The minimum atomic E-state index is -4.65. The van der Waals surface area contributed by atoms with Gasteiger partial charge in [-0.1, -0.05) is 91.0 Å². The van der Waals surface area contributed by atoms with E-state index < -0.39 is 38.7 Å². The molecule has 0 saturated carbocycles. The number of amides is 1. The fourth-order valence-electron chi connectivity index (χ4n) is 5.42. The molecule has 0 spiro atoms. The van der Waals surface area contributed by atoms with Gasteiger partial charge < -0.3 is 14.8 Å². The van der Waals surface area contributed by atoms with Crippen molar-refractivity contribution in [2.24, 2.45) is 5.92 Å². The van der Waals surface area contributed by atoms with Crippen molar-refractivity contribution < 1.29 is 41.5 Å². The van der Waals surface area contributed by atoms with Gasteiger partial charge >= 0.3 is 0 Å². The van der Waals surface area contributed by atoms with Gasteiger partial charge in [0, 0.05) is 26.0 Å². The third-order valence-electron chi connectivity index (χ3n) is 7.80. The summed E-state index contributed by atoms with van der Waals surface area (Å²) in [6.45, 7) is 2.90. The van der Waals surface area contributed by atoms with Gasteiger partial charge in [0.2, 0.25) is 5.91 Å². The first kappa shape index (κ1) is 39.9. The minimum Gasteiger partial charge on any atom is -0.381 e. The number of carbonyl (C=O) groups is 3. The van der Waals surface area contributed by atoms with Crippen molar-refractivity contribution in [3.05, 3.63) is 108 Å². The molecule has 48 heavy (non-hydrogen) atoms. The van der Waals surface area contributed by atoms with Gasteiger partial charge in [0.15, 0.2) is 0 Å². The Morgan fingerprint density at radius 2 is 1.29 bits per heavy atom. The number of fused-ring (bicyclic) bond motifs is 1. The van der Waals surface area contributed by atoms with Gasteiger partial charge in [-0.3, -0.25) is 23.6 Å². The molecule has 0 aliphatic carbocycles. The highest BCUT2D eigenvalue weighted by Crippen LogP contribution is 2.31. The van der Waals surface area contributed by atoms with E-state index in [9.17, 15) is 27.4 Å². The molecule has 0 saturated heterocycles. The van der Waals surface area contributed by atoms with Crippen molar-refractivity contribution in [3.8, 4) is 0 Å². The molecule has 2 N–H and O–H groups in total. The zero-order valence-corrected chi connectivity index (χ0v) is 28.4. The molecule has 11 heteroatoms. The van der Waals surface area contributed by atoms with Gasteiger partial charge in [-0.25, -0.2) is 0 Å². The van der Waals surface area contributed by atoms with E-state index in [1.807, 2.05) is 48.5 Å². The number of aryl methyl sites for hydroxylation is 2. The van der Waals surface area contributed by atoms with E-state index in [1.165, 1.54) is 31.7 Å². The van der Waals surface area contributed by atoms with Crippen LogP contribution in [0.3, 0.4) is 0 Å². The van der Waals surface area contributed by atoms with Crippen LogP contribution in [0.4, 0.5) is 10.4 Å². The molecule has 258 valence electrons. The van der Waals surface area contributed by atoms with Crippen molar-refractivity contribution in [2.75, 3.05) is 19.5 Å². The molecule has 0 aliphatic rings. The molecule has 0 aliphatic heterocycles. The molecule has 0 aromatic heterocycles. The van der Waals surface area contributed by atoms with E-state index in [-0.39, 0.29) is 27.7 Å². The monoisotopic (exact) mass is 681 g/mol. The van der Waals surface area contributed by atoms with Crippen LogP contribution in [0.2, 0.25) is 0 Å². The summed E-state index contributed by atoms with van der Waals surface area (Å²) in [5.41, 5.74) is 2.24. The van der Waals surface area contributed by atoms with Crippen molar-refractivity contribution in [2.45, 2.75) is 63.1 Å². The van der Waals surface area contributed by atoms with E-state index in [4.69, 9.17) is 9.47 Å². The number of nitrogens with one attached hydrogen (secondary N) is 1. The third kappa shape index (κ3) is 12.1. The lowest BCUT2D eigenvalue weighted by molar-refractivity contribution is -0.135. The Balaban J connectivity index is 0.000000421. The van der Waals surface area contributed by atoms with E-state index in [2.05, 4.69) is 17.4 Å². The van der Waals surface area contributed by atoms with Crippen LogP contribution in [0.25, 0.3) is 10.8 Å². The molecular formula is C37H44FNO8S. The lowest BCUT2D eigenvalue weighted by Crippen LogP contribution is -2.39. The predicted molar refractivity (Wildman–Crippen MR) is 185 cm³/mol. The molecule has 0 fully saturated rings. The Kier molecular flexibility index (Phi) is 16.2. The molecule has 9 nitrogen and oxygen atoms in total. The van der Waals surface area contributed by atoms with Crippen LogP contribution in [0.15, 0.2) is 102 Å². The standard InChI is InChI=1S/C24H25NO6S.C13H18O2.FH/c1-16(26)22(21(31-2)15-12-17-8-4-3-5-9-17)24(27)25-20-14-13-18-10-6-7-11-19(18)23(20)32(28,29)30;1-11(14)10-13(15-2)9-8-12-6-4-3-5-7-12;/h3-11,13-14,21-22H,12,15H2,1-2H3,(H,25,27)(H,28,29,30);3-7,13H,8-10H2,1-2H3;1H. The molecule has 4 aromatic rings. The van der Waals surface area contributed by atoms with E-state index >= 15 is 0 Å². The zero-order chi connectivity index (χ0) is 34.4. The highest BCUT2D eigenvalue weighted by molar-refractivity contribution is 7.86. The van der Waals surface area contributed by atoms with Crippen LogP contribution < -0.4 is 5.32 Å². The minimum absolute atomic E-state index is 0. The first-order valence-electron chi connectivity index (χ1n) is 15.4. The summed E-state index contributed by atoms with van der Waals surface area (Å²) in [5, 5.41) is 3.37. The molecule has 3 atom stereocenters. The van der Waals surface area contributed by atoms with Crippen molar-refractivity contribution in [1.82, 2.24) is 0 Å². The number of ketones is 2. The van der Waals surface area contributed by atoms with Crippen LogP contribution in [-0.4, -0.2) is 56.9 Å². The Morgan fingerprint density at radius 3 is 1.79 bits per heavy atom. The molecular weight excluding hydrogens is 637 g/mol. The van der Waals surface area contributed by atoms with Crippen LogP contribution in [-0.2, 0) is 46.8 Å². The second kappa shape index (κ2) is 19.5. The SMILES string of the molecule is COC(CCc1ccccc1)C(C(C)=O)C(=O)Nc1ccc2ccccc2c1S(=O)(=O)O.COC(CCc1ccccc1)CC(C)=O.F. The summed E-state index contributed by atoms with van der Waals surface area (Å²) in [4.78, 5) is 36.0. The number of hydrogen-bond acceptors (Lipinski definition) is 7. The molecule has 3 unspecified atom stereocenters. The number of benzene rings is 4. The molecule has 1 amide bonds. The number of hydrogen-bond donors (Lipinski definition) is 2. The van der Waals surface area contributed by atoms with Gasteiger partial charge in [0.25, 0.3) is 10.1 Å². The lowest BCUT2D eigenvalue weighted by Gasteiger charge is -2.24. The predicted octanol–water partition coefficient (Wildman–Crippen LogP) is 6.64. The summed E-state index contributed by atoms with van der Waals surface area (Å²) in [6.07, 6.45) is 2.75. The lowest BCUT2D eigenvalue weighted by atomic mass is 9.92. The normalized spacial score (nSPS) is 12.9. The Labute approximate surface area is 281 Å². The summed E-state index contributed by atoms with van der Waals surface area (Å²) in [7, 11) is -1.56. The third-order valence-corrected chi connectivity index (χ3v) is 8.75. The second-order valence-electron chi connectivity index (χ2n) is 11.3. The van der Waals surface area contributed by atoms with Crippen LogP contribution in [0.5, 0.6) is 0 Å². The number of anilines is 1. The molecule has 0 heterocycles. The van der Waals surface area contributed by atoms with E-state index in [1.54, 1.807) is 38.3 Å². The zero-order valence-electron chi connectivity index (χ0n) is 27.6. The summed E-state index contributed by atoms with van der Waals surface area (Å²) >= 11 is 0. The van der Waals surface area contributed by atoms with Crippen LogP contribution >= 0.6 is 0 Å². The molecule has 4 aromatic carbocycles. The van der Waals surface area contributed by atoms with Gasteiger partial charge in [0.1, 0.15) is 22.4 Å². The second-order valence-corrected chi connectivity index (χ2v) is 12.7. The first-order chi connectivity index (χ1) is 22.4. The number of rotatable bonds is 15. The van der Waals surface area contributed by atoms with Gasteiger partial charge in [-0.2, -0.15) is 8.42 Å². The number of Topliss-reactive ketones (excluding diaryl/α,β-unsaturated/α-hetero) is 2. The largest absolute Gasteiger partial charge is 0.381 e. The summed E-state index contributed by atoms with van der Waals surface area (Å²) in [5.74, 6) is -2.06. The molecule has 0 radical (unpaired) electrons. The van der Waals surface area contributed by atoms with Crippen molar-refractivity contribution in [3.63, 3.8) is 0 Å². The van der Waals surface area contributed by atoms with Gasteiger partial charge in [0.05, 0.1) is 17.9 Å². The topological polar surface area (TPSA) is 136 Å². The van der Waals surface area contributed by atoms with Crippen molar-refractivity contribution in [1.29, 1.82) is 0 Å². The average molecular weight is 682 g/mol. The Morgan fingerprint density at radius 1 is 0.750 bits per heavy atom. The highest BCUT2D eigenvalue weighted by atomic mass is 32.2. The average Bonchev–Trinajstić information content (AvgIpc) is 3.05. The quantitative estimate of drug-likeness (QED) is 0.105. The number of ether oxygens (including phenoxy) is 2. The van der Waals surface area contributed by atoms with E-state index in [0.717, 1.165) is 18.4 Å². The fraction of sp³-hybridized carbons (Fsp3) is 0.324. The maximum Gasteiger partial charge on any atom is 0.297 e. The van der Waals surface area contributed by atoms with Crippen LogP contribution in [0.1, 0.15) is 44.2 Å².